The summed E-state index contributed by atoms with van der Waals surface area (Å²) in [7, 11) is 3.38. The molecule has 0 saturated carbocycles. The number of carbonyl (C=O) groups excluding carboxylic acids is 1. The molecule has 1 aromatic rings. The summed E-state index contributed by atoms with van der Waals surface area (Å²) < 4.78 is 4.91. The minimum Gasteiger partial charge on any atom is -0.683 e. The molecule has 1 amide bonds. The number of hydrogen-bond donors (Lipinski definition) is 0. The fourth-order valence-electron chi connectivity index (χ4n) is 2.51. The van der Waals surface area contributed by atoms with Crippen molar-refractivity contribution in [3.05, 3.63) is 61.2 Å². The number of benzene rings is 1. The van der Waals surface area contributed by atoms with E-state index in [1.807, 2.05) is 35.3 Å². The third-order valence-corrected chi connectivity index (χ3v) is 3.75. The van der Waals surface area contributed by atoms with Crippen LogP contribution in [0.2, 0.25) is 0 Å². The average molecular weight is 535 g/mol. The van der Waals surface area contributed by atoms with E-state index in [1.54, 1.807) is 6.08 Å². The average Bonchev–Trinajstić information content (AvgIpc) is 2.58. The molecule has 1 saturated heterocycles. The molecule has 0 unspecified atom stereocenters. The number of aryl methyl sites for hydroxylation is 1. The number of carbonyl (C=O) groups is 1. The number of piperidine rings is 1. The molecular formula is C19H23NO2U. The number of allylic oxidation sites excluding steroid dienone is 3. The van der Waals surface area contributed by atoms with Crippen LogP contribution in [0.3, 0.4) is 0 Å². The molecular weight excluding hydrogens is 512 g/mol. The monoisotopic (exact) mass is 535 g/mol. The van der Waals surface area contributed by atoms with E-state index in [4.69, 9.17) is 4.74 Å². The molecule has 0 atom stereocenters. The Morgan fingerprint density at radius 1 is 1.30 bits per heavy atom. The fourth-order valence-corrected chi connectivity index (χ4v) is 2.51. The van der Waals surface area contributed by atoms with Crippen LogP contribution >= 0.6 is 0 Å². The van der Waals surface area contributed by atoms with E-state index in [9.17, 15) is 4.79 Å². The second-order valence-corrected chi connectivity index (χ2v) is 5.42. The van der Waals surface area contributed by atoms with Crippen LogP contribution in [0.25, 0.3) is 0 Å². The summed E-state index contributed by atoms with van der Waals surface area (Å²) in [5.74, 6) is 0.786. The van der Waals surface area contributed by atoms with Crippen molar-refractivity contribution in [2.45, 2.75) is 32.1 Å². The number of likely N-dealkylation sites (tertiary alicyclic amines) is 1. The summed E-state index contributed by atoms with van der Waals surface area (Å²) in [6.45, 7) is 1.79. The zero-order chi connectivity index (χ0) is 15.6. The molecule has 4 heteroatoms. The molecule has 0 aliphatic carbocycles. The fraction of sp³-hybridized carbons (Fsp3) is 0.368. The van der Waals surface area contributed by atoms with E-state index in [-0.39, 0.29) is 37.0 Å². The number of hydrogen-bond acceptors (Lipinski definition) is 2. The van der Waals surface area contributed by atoms with Gasteiger partial charge in [0.25, 0.3) is 0 Å². The molecule has 0 N–H and O–H groups in total. The van der Waals surface area contributed by atoms with Crippen molar-refractivity contribution in [3.8, 4) is 5.75 Å². The molecule has 1 aliphatic rings. The van der Waals surface area contributed by atoms with Crippen molar-refractivity contribution >= 4 is 5.91 Å². The Labute approximate surface area is 163 Å². The predicted octanol–water partition coefficient (Wildman–Crippen LogP) is 3.71. The first kappa shape index (κ1) is 20.1. The van der Waals surface area contributed by atoms with Gasteiger partial charge in [-0.15, -0.1) is 12.1 Å². The summed E-state index contributed by atoms with van der Waals surface area (Å²) >= 11 is 0. The van der Waals surface area contributed by atoms with Gasteiger partial charge in [-0.3, -0.25) is 4.79 Å². The Bertz CT molecular complexity index is 534. The van der Waals surface area contributed by atoms with Gasteiger partial charge in [0.05, 0.1) is 0 Å². The van der Waals surface area contributed by atoms with Crippen LogP contribution in [-0.4, -0.2) is 23.9 Å². The maximum absolute atomic E-state index is 11.9. The van der Waals surface area contributed by atoms with Crippen LogP contribution in [0.1, 0.15) is 31.2 Å². The van der Waals surface area contributed by atoms with Crippen molar-refractivity contribution in [2.75, 3.05) is 13.1 Å². The van der Waals surface area contributed by atoms with Crippen molar-refractivity contribution in [1.82, 2.24) is 4.90 Å². The summed E-state index contributed by atoms with van der Waals surface area (Å²) in [4.78, 5) is 13.8. The summed E-state index contributed by atoms with van der Waals surface area (Å²) in [5.41, 5.74) is 1.19. The quantitative estimate of drug-likeness (QED) is 0.316. The molecule has 1 fully saturated rings. The van der Waals surface area contributed by atoms with Gasteiger partial charge in [0.15, 0.2) is 0 Å². The molecule has 0 radical (unpaired) electrons. The predicted molar refractivity (Wildman–Crippen MR) is 88.3 cm³/mol. The first-order valence-electron chi connectivity index (χ1n) is 7.84. The molecule has 120 valence electrons. The van der Waals surface area contributed by atoms with Gasteiger partial charge in [-0.2, -0.15) is 24.8 Å². The second kappa shape index (κ2) is 11.5. The smallest absolute Gasteiger partial charge is 0.683 e. The van der Waals surface area contributed by atoms with Gasteiger partial charge in [-0.1, -0.05) is 18.2 Å². The van der Waals surface area contributed by atoms with Gasteiger partial charge < -0.3 is 9.64 Å². The van der Waals surface area contributed by atoms with Gasteiger partial charge in [-0.25, -0.2) is 0 Å². The molecule has 0 bridgehead atoms. The van der Waals surface area contributed by atoms with Crippen molar-refractivity contribution < 1.29 is 40.6 Å². The minimum atomic E-state index is 0. The van der Waals surface area contributed by atoms with E-state index in [2.05, 4.69) is 19.3 Å². The van der Waals surface area contributed by atoms with Crippen LogP contribution in [0.15, 0.2) is 42.5 Å². The van der Waals surface area contributed by atoms with Crippen LogP contribution in [0, 0.1) is 44.3 Å². The second-order valence-electron chi connectivity index (χ2n) is 5.42. The van der Waals surface area contributed by atoms with Crippen LogP contribution in [0.5, 0.6) is 5.75 Å². The maximum Gasteiger partial charge on any atom is 2.00 e. The van der Waals surface area contributed by atoms with Crippen molar-refractivity contribution in [1.29, 1.82) is 0 Å². The molecule has 0 spiro atoms. The number of amides is 1. The molecule has 2 rings (SSSR count). The van der Waals surface area contributed by atoms with Gasteiger partial charge in [0.2, 0.25) is 5.91 Å². The Hall–Kier alpha value is -0.978. The maximum atomic E-state index is 11.9. The normalized spacial score (nSPS) is 14.9. The third-order valence-electron chi connectivity index (χ3n) is 3.75. The molecule has 23 heavy (non-hydrogen) atoms. The summed E-state index contributed by atoms with van der Waals surface area (Å²) in [6.07, 6.45) is 12.8. The van der Waals surface area contributed by atoms with Crippen molar-refractivity contribution in [2.24, 2.45) is 0 Å². The van der Waals surface area contributed by atoms with Gasteiger partial charge in [0.1, 0.15) is 0 Å². The van der Waals surface area contributed by atoms with Gasteiger partial charge >= 0.3 is 31.1 Å². The van der Waals surface area contributed by atoms with E-state index < -0.39 is 0 Å². The Balaban J connectivity index is 0.00000264. The molecule has 1 aromatic carbocycles. The largest absolute Gasteiger partial charge is 2.00 e. The van der Waals surface area contributed by atoms with E-state index in [0.29, 0.717) is 5.75 Å². The van der Waals surface area contributed by atoms with E-state index in [0.717, 1.165) is 38.8 Å². The number of nitrogens with zero attached hydrogens (tertiary/aromatic N) is 1. The molecule has 3 nitrogen and oxygen atoms in total. The van der Waals surface area contributed by atoms with E-state index >= 15 is 0 Å². The third kappa shape index (κ3) is 7.42. The van der Waals surface area contributed by atoms with Gasteiger partial charge in [-0.05, 0) is 37.9 Å². The Kier molecular flexibility index (Phi) is 10.1. The van der Waals surface area contributed by atoms with E-state index in [1.165, 1.54) is 12.0 Å². The van der Waals surface area contributed by atoms with Crippen LogP contribution in [-0.2, 0) is 11.2 Å². The molecule has 1 heterocycles. The zero-order valence-corrected chi connectivity index (χ0v) is 17.6. The standard InChI is InChI=1S/C19H23NO2.U/c1-22-18-12-9-11-17(16-18)10-5-2-3-6-13-19(21)20-14-7-4-8-15-20;/h2-3,6,9,11,13,16H,1,4-5,7-8,10,14-15H2;/q-2;+2/b3-2+,13-6+;. The van der Waals surface area contributed by atoms with Crippen molar-refractivity contribution in [3.63, 3.8) is 0 Å². The Morgan fingerprint density at radius 3 is 2.83 bits per heavy atom. The SMILES string of the molecule is [CH2-]Oc1[c-]ccc(CC/C=C/C=C/C(=O)N2CCCCC2)c1.[U+2]. The summed E-state index contributed by atoms with van der Waals surface area (Å²) in [5, 5.41) is 0. The zero-order valence-electron chi connectivity index (χ0n) is 13.5. The molecule has 0 aromatic heterocycles. The number of ether oxygens (including phenoxy) is 1. The topological polar surface area (TPSA) is 29.5 Å². The molecule has 1 aliphatic heterocycles. The van der Waals surface area contributed by atoms with Crippen LogP contribution < -0.4 is 4.74 Å². The first-order valence-corrected chi connectivity index (χ1v) is 7.84. The minimum absolute atomic E-state index is 0. The van der Waals surface area contributed by atoms with Crippen LogP contribution in [0.4, 0.5) is 0 Å². The Morgan fingerprint density at radius 2 is 2.09 bits per heavy atom. The summed E-state index contributed by atoms with van der Waals surface area (Å²) in [6, 6.07) is 8.76. The number of rotatable bonds is 6. The van der Waals surface area contributed by atoms with Gasteiger partial charge in [0, 0.05) is 19.2 Å². The first-order chi connectivity index (χ1) is 10.8.